The van der Waals surface area contributed by atoms with Gasteiger partial charge in [-0.15, -0.1) is 0 Å². The fraction of sp³-hybridized carbons (Fsp3) is 0.0370. The zero-order valence-electron chi connectivity index (χ0n) is 16.5. The molecule has 0 amide bonds. The van der Waals surface area contributed by atoms with Gasteiger partial charge in [-0.2, -0.15) is 0 Å². The van der Waals surface area contributed by atoms with Crippen molar-refractivity contribution in [3.05, 3.63) is 114 Å². The van der Waals surface area contributed by atoms with Crippen molar-refractivity contribution in [2.24, 2.45) is 0 Å². The van der Waals surface area contributed by atoms with Crippen LogP contribution < -0.4 is 4.74 Å². The first-order valence-electron chi connectivity index (χ1n) is 9.58. The lowest BCUT2D eigenvalue weighted by Crippen LogP contribution is -1.92. The van der Waals surface area contributed by atoms with Crippen LogP contribution in [0.1, 0.15) is 11.1 Å². The molecule has 0 radical (unpaired) electrons. The van der Waals surface area contributed by atoms with Crippen molar-refractivity contribution in [3.8, 4) is 28.7 Å². The third kappa shape index (κ3) is 4.46. The lowest BCUT2D eigenvalue weighted by Gasteiger charge is -2.06. The fourth-order valence-corrected chi connectivity index (χ4v) is 3.18. The third-order valence-corrected chi connectivity index (χ3v) is 4.77. The van der Waals surface area contributed by atoms with Crippen LogP contribution in [0.2, 0.25) is 0 Å². The standard InChI is InChI=1S/C27H17F3O/c1-2-15-31-23-11-8-19(9-12-23)21-7-6-20(26(29)17-21)5-3-18-4-13-24-22(16-18)10-14-25(28)27(24)30/h2,4,6-14,16-17H,1,15H2. The first-order valence-corrected chi connectivity index (χ1v) is 9.58. The Kier molecular flexibility index (Phi) is 5.77. The summed E-state index contributed by atoms with van der Waals surface area (Å²) < 4.78 is 47.2. The van der Waals surface area contributed by atoms with E-state index in [1.807, 2.05) is 24.3 Å². The molecular weight excluding hydrogens is 397 g/mol. The number of halogens is 3. The average Bonchev–Trinajstić information content (AvgIpc) is 2.79. The van der Waals surface area contributed by atoms with Crippen molar-refractivity contribution in [2.45, 2.75) is 0 Å². The Morgan fingerprint density at radius 1 is 0.774 bits per heavy atom. The Labute approximate surface area is 178 Å². The molecular formula is C27H17F3O. The van der Waals surface area contributed by atoms with Gasteiger partial charge in [0.1, 0.15) is 18.2 Å². The largest absolute Gasteiger partial charge is 0.490 e. The molecule has 0 spiro atoms. The Hall–Kier alpha value is -3.97. The maximum absolute atomic E-state index is 14.6. The highest BCUT2D eigenvalue weighted by Gasteiger charge is 2.07. The minimum absolute atomic E-state index is 0.182. The Morgan fingerprint density at radius 3 is 2.29 bits per heavy atom. The molecule has 0 bridgehead atoms. The second-order valence-corrected chi connectivity index (χ2v) is 6.87. The van der Waals surface area contributed by atoms with Crippen LogP contribution in [0.25, 0.3) is 21.9 Å². The van der Waals surface area contributed by atoms with Crippen molar-refractivity contribution in [3.63, 3.8) is 0 Å². The molecule has 0 saturated carbocycles. The summed E-state index contributed by atoms with van der Waals surface area (Å²) in [6.07, 6.45) is 1.67. The monoisotopic (exact) mass is 414 g/mol. The van der Waals surface area contributed by atoms with Crippen LogP contribution in [0.5, 0.6) is 5.75 Å². The number of benzene rings is 4. The van der Waals surface area contributed by atoms with E-state index in [2.05, 4.69) is 18.4 Å². The van der Waals surface area contributed by atoms with Gasteiger partial charge in [0.2, 0.25) is 0 Å². The second-order valence-electron chi connectivity index (χ2n) is 6.87. The summed E-state index contributed by atoms with van der Waals surface area (Å²) >= 11 is 0. The topological polar surface area (TPSA) is 9.23 Å². The summed E-state index contributed by atoms with van der Waals surface area (Å²) in [7, 11) is 0. The van der Waals surface area contributed by atoms with Gasteiger partial charge in [-0.1, -0.05) is 54.8 Å². The van der Waals surface area contributed by atoms with Gasteiger partial charge in [-0.25, -0.2) is 13.2 Å². The molecule has 0 heterocycles. The van der Waals surface area contributed by atoms with Crippen molar-refractivity contribution in [1.82, 2.24) is 0 Å². The first kappa shape index (κ1) is 20.3. The molecule has 0 aliphatic rings. The second kappa shape index (κ2) is 8.81. The molecule has 0 saturated heterocycles. The molecule has 0 atom stereocenters. The highest BCUT2D eigenvalue weighted by atomic mass is 19.2. The molecule has 0 unspecified atom stereocenters. The maximum Gasteiger partial charge on any atom is 0.166 e. The Morgan fingerprint density at radius 2 is 1.55 bits per heavy atom. The van der Waals surface area contributed by atoms with Crippen LogP contribution >= 0.6 is 0 Å². The van der Waals surface area contributed by atoms with E-state index in [0.717, 1.165) is 17.2 Å². The number of hydrogen-bond acceptors (Lipinski definition) is 1. The zero-order chi connectivity index (χ0) is 21.8. The lowest BCUT2D eigenvalue weighted by atomic mass is 10.0. The Bertz CT molecular complexity index is 1330. The normalized spacial score (nSPS) is 10.4. The summed E-state index contributed by atoms with van der Waals surface area (Å²) in [6, 6.07) is 19.5. The number of ether oxygens (including phenoxy) is 1. The third-order valence-electron chi connectivity index (χ3n) is 4.77. The highest BCUT2D eigenvalue weighted by molar-refractivity contribution is 5.84. The lowest BCUT2D eigenvalue weighted by molar-refractivity contribution is 0.363. The van der Waals surface area contributed by atoms with Crippen LogP contribution in [0.4, 0.5) is 13.2 Å². The summed E-state index contributed by atoms with van der Waals surface area (Å²) in [4.78, 5) is 0. The molecule has 152 valence electrons. The molecule has 4 aromatic rings. The van der Waals surface area contributed by atoms with E-state index in [1.165, 1.54) is 18.2 Å². The highest BCUT2D eigenvalue weighted by Crippen LogP contribution is 2.25. The quantitative estimate of drug-likeness (QED) is 0.261. The molecule has 4 rings (SSSR count). The zero-order valence-corrected chi connectivity index (χ0v) is 16.5. The minimum atomic E-state index is -0.896. The summed E-state index contributed by atoms with van der Waals surface area (Å²) in [5.41, 5.74) is 2.41. The van der Waals surface area contributed by atoms with E-state index in [-0.39, 0.29) is 10.9 Å². The van der Waals surface area contributed by atoms with Crippen LogP contribution in [-0.4, -0.2) is 6.61 Å². The van der Waals surface area contributed by atoms with E-state index in [9.17, 15) is 13.2 Å². The van der Waals surface area contributed by atoms with Crippen LogP contribution in [0, 0.1) is 29.3 Å². The fourth-order valence-electron chi connectivity index (χ4n) is 3.18. The molecule has 0 fully saturated rings. The van der Waals surface area contributed by atoms with Gasteiger partial charge in [0.25, 0.3) is 0 Å². The molecule has 31 heavy (non-hydrogen) atoms. The van der Waals surface area contributed by atoms with Crippen molar-refractivity contribution in [2.75, 3.05) is 6.61 Å². The van der Waals surface area contributed by atoms with Crippen LogP contribution in [-0.2, 0) is 0 Å². The minimum Gasteiger partial charge on any atom is -0.490 e. The van der Waals surface area contributed by atoms with E-state index in [4.69, 9.17) is 4.74 Å². The molecule has 4 aromatic carbocycles. The van der Waals surface area contributed by atoms with Crippen molar-refractivity contribution < 1.29 is 17.9 Å². The van der Waals surface area contributed by atoms with E-state index in [1.54, 1.807) is 30.3 Å². The maximum atomic E-state index is 14.6. The molecule has 0 aromatic heterocycles. The number of rotatable bonds is 4. The van der Waals surface area contributed by atoms with Crippen molar-refractivity contribution >= 4 is 10.8 Å². The average molecular weight is 414 g/mol. The number of fused-ring (bicyclic) bond motifs is 1. The molecule has 1 nitrogen and oxygen atoms in total. The molecule has 0 N–H and O–H groups in total. The summed E-state index contributed by atoms with van der Waals surface area (Å²) in [5, 5.41) is 0.712. The van der Waals surface area contributed by atoms with Crippen molar-refractivity contribution in [1.29, 1.82) is 0 Å². The Balaban J connectivity index is 1.57. The van der Waals surface area contributed by atoms with Gasteiger partial charge in [-0.3, -0.25) is 0 Å². The van der Waals surface area contributed by atoms with E-state index >= 15 is 0 Å². The predicted octanol–water partition coefficient (Wildman–Crippen LogP) is 6.89. The van der Waals surface area contributed by atoms with E-state index < -0.39 is 17.5 Å². The van der Waals surface area contributed by atoms with Gasteiger partial charge < -0.3 is 4.74 Å². The van der Waals surface area contributed by atoms with Crippen LogP contribution in [0.3, 0.4) is 0 Å². The molecule has 4 heteroatoms. The van der Waals surface area contributed by atoms with Gasteiger partial charge in [-0.05, 0) is 59.0 Å². The first-order chi connectivity index (χ1) is 15.0. The summed E-state index contributed by atoms with van der Waals surface area (Å²) in [5.74, 6) is 4.18. The number of hydrogen-bond donors (Lipinski definition) is 0. The van der Waals surface area contributed by atoms with Gasteiger partial charge in [0, 0.05) is 10.9 Å². The smallest absolute Gasteiger partial charge is 0.166 e. The van der Waals surface area contributed by atoms with Gasteiger partial charge in [0.05, 0.1) is 5.56 Å². The summed E-state index contributed by atoms with van der Waals surface area (Å²) in [6.45, 7) is 4.03. The SMILES string of the molecule is C=CCOc1ccc(-c2ccc(C#Cc3ccc4c(F)c(F)ccc4c3)c(F)c2)cc1. The molecule has 0 aliphatic carbocycles. The van der Waals surface area contributed by atoms with Crippen LogP contribution in [0.15, 0.2) is 85.5 Å². The van der Waals surface area contributed by atoms with E-state index in [0.29, 0.717) is 23.3 Å². The van der Waals surface area contributed by atoms with Gasteiger partial charge >= 0.3 is 0 Å². The predicted molar refractivity (Wildman–Crippen MR) is 117 cm³/mol. The van der Waals surface area contributed by atoms with Gasteiger partial charge in [0.15, 0.2) is 11.6 Å². The molecule has 0 aliphatic heterocycles.